The predicted octanol–water partition coefficient (Wildman–Crippen LogP) is 4.40. The largest absolute Gasteiger partial charge is 0.461 e. The summed E-state index contributed by atoms with van der Waals surface area (Å²) >= 11 is 1.54. The van der Waals surface area contributed by atoms with Crippen LogP contribution in [0, 0.1) is 5.82 Å². The van der Waals surface area contributed by atoms with E-state index in [1.54, 1.807) is 24.3 Å². The molecular formula is C15H13FO2S. The predicted molar refractivity (Wildman–Crippen MR) is 75.5 cm³/mol. The lowest BCUT2D eigenvalue weighted by Crippen LogP contribution is -1.94. The fraction of sp³-hybridized carbons (Fsp3) is 0.133. The summed E-state index contributed by atoms with van der Waals surface area (Å²) in [5.74, 6) is 0.651. The third-order valence-corrected chi connectivity index (χ3v) is 3.41. The van der Waals surface area contributed by atoms with Crippen molar-refractivity contribution in [2.45, 2.75) is 6.92 Å². The average Bonchev–Trinajstić information content (AvgIpc) is 2.93. The molecule has 0 unspecified atom stereocenters. The first kappa shape index (κ1) is 13.6. The van der Waals surface area contributed by atoms with E-state index in [0.29, 0.717) is 5.76 Å². The number of thioether (sulfide) groups is 1. The van der Waals surface area contributed by atoms with Gasteiger partial charge in [-0.2, -0.15) is 0 Å². The van der Waals surface area contributed by atoms with Gasteiger partial charge < -0.3 is 4.42 Å². The minimum absolute atomic E-state index is 0.190. The molecule has 4 heteroatoms. The van der Waals surface area contributed by atoms with E-state index in [4.69, 9.17) is 4.42 Å². The molecule has 0 aliphatic carbocycles. The van der Waals surface area contributed by atoms with E-state index in [1.807, 2.05) is 6.92 Å². The number of hydrogen-bond donors (Lipinski definition) is 0. The molecule has 0 aliphatic heterocycles. The first-order chi connectivity index (χ1) is 9.20. The number of rotatable bonds is 5. The number of allylic oxidation sites excluding steroid dienone is 1. The molecule has 2 aromatic rings. The van der Waals surface area contributed by atoms with Crippen molar-refractivity contribution in [3.63, 3.8) is 0 Å². The molecule has 0 saturated carbocycles. The van der Waals surface area contributed by atoms with Gasteiger partial charge in [-0.3, -0.25) is 4.79 Å². The molecule has 0 atom stereocenters. The second-order valence-corrected chi connectivity index (χ2v) is 5.10. The summed E-state index contributed by atoms with van der Waals surface area (Å²) < 4.78 is 18.0. The Hall–Kier alpha value is -1.81. The number of carbonyl (C=O) groups is 1. The Balaban J connectivity index is 2.29. The first-order valence-electron chi connectivity index (χ1n) is 5.89. The van der Waals surface area contributed by atoms with Gasteiger partial charge in [-0.15, -0.1) is 11.8 Å². The van der Waals surface area contributed by atoms with E-state index in [2.05, 4.69) is 0 Å². The maximum Gasteiger partial charge on any atom is 0.222 e. The van der Waals surface area contributed by atoms with Crippen molar-refractivity contribution in [2.75, 3.05) is 5.75 Å². The second kappa shape index (κ2) is 6.38. The lowest BCUT2D eigenvalue weighted by atomic mass is 10.1. The van der Waals surface area contributed by atoms with Gasteiger partial charge in [-0.1, -0.05) is 19.1 Å². The van der Waals surface area contributed by atoms with Crippen molar-refractivity contribution in [1.82, 2.24) is 0 Å². The molecule has 98 valence electrons. The Morgan fingerprint density at radius 2 is 2.05 bits per heavy atom. The Bertz CT molecular complexity index is 571. The van der Waals surface area contributed by atoms with Gasteiger partial charge in [0.05, 0.1) is 6.26 Å². The Morgan fingerprint density at radius 3 is 2.63 bits per heavy atom. The molecule has 0 saturated heterocycles. The molecule has 0 amide bonds. The van der Waals surface area contributed by atoms with Gasteiger partial charge in [0.25, 0.3) is 0 Å². The van der Waals surface area contributed by atoms with Crippen LogP contribution in [0.1, 0.15) is 23.0 Å². The third kappa shape index (κ3) is 3.58. The third-order valence-electron chi connectivity index (χ3n) is 2.45. The maximum atomic E-state index is 12.9. The average molecular weight is 276 g/mol. The van der Waals surface area contributed by atoms with Crippen LogP contribution < -0.4 is 0 Å². The van der Waals surface area contributed by atoms with Crippen molar-refractivity contribution >= 4 is 22.5 Å². The Morgan fingerprint density at radius 1 is 1.32 bits per heavy atom. The topological polar surface area (TPSA) is 30.2 Å². The Labute approximate surface area is 115 Å². The number of halogens is 1. The molecule has 2 rings (SSSR count). The van der Waals surface area contributed by atoms with E-state index in [-0.39, 0.29) is 11.6 Å². The lowest BCUT2D eigenvalue weighted by Gasteiger charge is -2.05. The number of furan rings is 1. The van der Waals surface area contributed by atoms with Crippen LogP contribution in [0.3, 0.4) is 0 Å². The summed E-state index contributed by atoms with van der Waals surface area (Å²) in [6, 6.07) is 9.40. The van der Waals surface area contributed by atoms with Crippen molar-refractivity contribution in [3.05, 3.63) is 65.9 Å². The van der Waals surface area contributed by atoms with Crippen molar-refractivity contribution in [3.8, 4) is 0 Å². The van der Waals surface area contributed by atoms with Crippen LogP contribution in [0.15, 0.2) is 53.2 Å². The van der Waals surface area contributed by atoms with Gasteiger partial charge in [0.1, 0.15) is 5.82 Å². The van der Waals surface area contributed by atoms with Crippen LogP contribution in [0.25, 0.3) is 4.91 Å². The fourth-order valence-corrected chi connectivity index (χ4v) is 2.39. The zero-order chi connectivity index (χ0) is 13.7. The highest BCUT2D eigenvalue weighted by molar-refractivity contribution is 8.08. The molecule has 2 nitrogen and oxygen atoms in total. The normalized spacial score (nSPS) is 11.6. The molecule has 1 heterocycles. The summed E-state index contributed by atoms with van der Waals surface area (Å²) in [7, 11) is 0. The van der Waals surface area contributed by atoms with Crippen LogP contribution in [0.5, 0.6) is 0 Å². The molecule has 0 fully saturated rings. The zero-order valence-electron chi connectivity index (χ0n) is 10.4. The van der Waals surface area contributed by atoms with E-state index < -0.39 is 0 Å². The van der Waals surface area contributed by atoms with Gasteiger partial charge >= 0.3 is 0 Å². The van der Waals surface area contributed by atoms with Gasteiger partial charge in [0.15, 0.2) is 5.76 Å². The van der Waals surface area contributed by atoms with E-state index in [1.165, 1.54) is 36.2 Å². The van der Waals surface area contributed by atoms with Crippen LogP contribution in [-0.2, 0) is 0 Å². The minimum atomic E-state index is -0.290. The molecule has 1 aromatic carbocycles. The summed E-state index contributed by atoms with van der Waals surface area (Å²) in [6.45, 7) is 2.00. The molecule has 0 N–H and O–H groups in total. The minimum Gasteiger partial charge on any atom is -0.461 e. The molecule has 0 aliphatic rings. The van der Waals surface area contributed by atoms with Crippen molar-refractivity contribution < 1.29 is 13.6 Å². The molecule has 1 aromatic heterocycles. The second-order valence-electron chi connectivity index (χ2n) is 3.79. The monoisotopic (exact) mass is 276 g/mol. The summed E-state index contributed by atoms with van der Waals surface area (Å²) in [6.07, 6.45) is 2.99. The number of carbonyl (C=O) groups excluding carboxylic acids is 1. The molecule has 19 heavy (non-hydrogen) atoms. The first-order valence-corrected chi connectivity index (χ1v) is 6.87. The quantitative estimate of drug-likeness (QED) is 0.599. The van der Waals surface area contributed by atoms with E-state index in [0.717, 1.165) is 16.2 Å². The van der Waals surface area contributed by atoms with Gasteiger partial charge in [-0.25, -0.2) is 4.39 Å². The molecule has 0 radical (unpaired) electrons. The van der Waals surface area contributed by atoms with Gasteiger partial charge in [0, 0.05) is 11.0 Å². The van der Waals surface area contributed by atoms with Crippen LogP contribution >= 0.6 is 11.8 Å². The van der Waals surface area contributed by atoms with Gasteiger partial charge in [0.2, 0.25) is 5.78 Å². The molecular weight excluding hydrogens is 263 g/mol. The standard InChI is InChI=1S/C15H13FO2S/c1-2-19-15(11-5-7-12(16)8-6-11)10-13(17)14-4-3-9-18-14/h3-10H,2H2,1H3/b15-10+. The van der Waals surface area contributed by atoms with Crippen LogP contribution in [0.4, 0.5) is 4.39 Å². The van der Waals surface area contributed by atoms with Gasteiger partial charge in [-0.05, 0) is 35.6 Å². The highest BCUT2D eigenvalue weighted by Gasteiger charge is 2.09. The Kier molecular flexibility index (Phi) is 4.58. The van der Waals surface area contributed by atoms with E-state index in [9.17, 15) is 9.18 Å². The zero-order valence-corrected chi connectivity index (χ0v) is 11.2. The SMILES string of the molecule is CCS/C(=C/C(=O)c1ccco1)c1ccc(F)cc1. The fourth-order valence-electron chi connectivity index (χ4n) is 1.59. The van der Waals surface area contributed by atoms with Crippen LogP contribution in [-0.4, -0.2) is 11.5 Å². The summed E-state index contributed by atoms with van der Waals surface area (Å²) in [5.41, 5.74) is 0.827. The number of benzene rings is 1. The van der Waals surface area contributed by atoms with E-state index >= 15 is 0 Å². The lowest BCUT2D eigenvalue weighted by molar-refractivity contribution is 0.102. The highest BCUT2D eigenvalue weighted by atomic mass is 32.2. The number of ketones is 1. The maximum absolute atomic E-state index is 12.9. The van der Waals surface area contributed by atoms with Crippen molar-refractivity contribution in [2.24, 2.45) is 0 Å². The van der Waals surface area contributed by atoms with Crippen LogP contribution in [0.2, 0.25) is 0 Å². The number of hydrogen-bond acceptors (Lipinski definition) is 3. The summed E-state index contributed by atoms with van der Waals surface area (Å²) in [5, 5.41) is 0. The molecule has 0 bridgehead atoms. The molecule has 0 spiro atoms. The smallest absolute Gasteiger partial charge is 0.222 e. The van der Waals surface area contributed by atoms with Crippen molar-refractivity contribution in [1.29, 1.82) is 0 Å². The highest BCUT2D eigenvalue weighted by Crippen LogP contribution is 2.28. The summed E-state index contributed by atoms with van der Waals surface area (Å²) in [4.78, 5) is 12.8.